The fourth-order valence-electron chi connectivity index (χ4n) is 3.27. The van der Waals surface area contributed by atoms with Crippen LogP contribution in [-0.2, 0) is 17.9 Å². The molecular weight excluding hydrogens is 334 g/mol. The predicted molar refractivity (Wildman–Crippen MR) is 99.3 cm³/mol. The van der Waals surface area contributed by atoms with Crippen LogP contribution in [0.2, 0.25) is 0 Å². The van der Waals surface area contributed by atoms with Gasteiger partial charge in [-0.1, -0.05) is 29.8 Å². The van der Waals surface area contributed by atoms with Gasteiger partial charge < -0.3 is 15.3 Å². The second kappa shape index (κ2) is 7.64. The summed E-state index contributed by atoms with van der Waals surface area (Å²) in [5.41, 5.74) is 1.95. The smallest absolute Gasteiger partial charge is 0.256 e. The van der Waals surface area contributed by atoms with Crippen LogP contribution >= 0.6 is 11.3 Å². The van der Waals surface area contributed by atoms with E-state index >= 15 is 0 Å². The number of rotatable bonds is 6. The number of aliphatic hydroxyl groups is 1. The van der Waals surface area contributed by atoms with E-state index in [9.17, 15) is 9.90 Å². The number of carbonyl (C=O) groups excluding carboxylic acids is 1. The maximum atomic E-state index is 12.8. The van der Waals surface area contributed by atoms with Gasteiger partial charge in [-0.05, 0) is 32.3 Å². The van der Waals surface area contributed by atoms with Crippen LogP contribution < -0.4 is 5.32 Å². The largest absolute Gasteiger partial charge is 0.379 e. The van der Waals surface area contributed by atoms with Gasteiger partial charge in [0.1, 0.15) is 5.01 Å². The van der Waals surface area contributed by atoms with Crippen molar-refractivity contribution in [3.63, 3.8) is 0 Å². The Bertz CT molecular complexity index is 746. The first-order valence-corrected chi connectivity index (χ1v) is 9.53. The zero-order valence-corrected chi connectivity index (χ0v) is 15.6. The lowest BCUT2D eigenvalue weighted by Gasteiger charge is -2.38. The van der Waals surface area contributed by atoms with Gasteiger partial charge in [-0.2, -0.15) is 0 Å². The van der Waals surface area contributed by atoms with Gasteiger partial charge in [-0.3, -0.25) is 4.79 Å². The number of thiazole rings is 1. The Morgan fingerprint density at radius 1 is 1.40 bits per heavy atom. The molecule has 1 aromatic carbocycles. The summed E-state index contributed by atoms with van der Waals surface area (Å²) in [5.74, 6) is -0.178. The van der Waals surface area contributed by atoms with E-state index < -0.39 is 5.60 Å². The SMILES string of the molecule is Cc1cccc(CN2CCC[C@](O)(CNCc3nc(C)cs3)C2=O)c1. The highest BCUT2D eigenvalue weighted by atomic mass is 32.1. The number of piperidine rings is 1. The zero-order valence-electron chi connectivity index (χ0n) is 14.8. The third-order valence-corrected chi connectivity index (χ3v) is 5.49. The Morgan fingerprint density at radius 2 is 2.24 bits per heavy atom. The molecule has 0 unspecified atom stereocenters. The maximum absolute atomic E-state index is 12.8. The summed E-state index contributed by atoms with van der Waals surface area (Å²) in [6.07, 6.45) is 1.31. The number of aromatic nitrogens is 1. The van der Waals surface area contributed by atoms with Crippen molar-refractivity contribution in [3.8, 4) is 0 Å². The minimum absolute atomic E-state index is 0.178. The molecule has 1 fully saturated rings. The third-order valence-electron chi connectivity index (χ3n) is 4.52. The average Bonchev–Trinajstić information content (AvgIpc) is 2.98. The summed E-state index contributed by atoms with van der Waals surface area (Å²) in [4.78, 5) is 19.0. The molecular formula is C19H25N3O2S. The number of benzene rings is 1. The Labute approximate surface area is 152 Å². The van der Waals surface area contributed by atoms with Crippen molar-refractivity contribution < 1.29 is 9.90 Å². The topological polar surface area (TPSA) is 65.5 Å². The summed E-state index contributed by atoms with van der Waals surface area (Å²) in [6.45, 7) is 6.08. The molecule has 6 heteroatoms. The number of likely N-dealkylation sites (tertiary alicyclic amines) is 1. The van der Waals surface area contributed by atoms with Crippen LogP contribution in [-0.4, -0.2) is 39.6 Å². The molecule has 134 valence electrons. The Kier molecular flexibility index (Phi) is 5.51. The molecule has 2 N–H and O–H groups in total. The van der Waals surface area contributed by atoms with Crippen molar-refractivity contribution >= 4 is 17.2 Å². The normalized spacial score (nSPS) is 20.9. The van der Waals surface area contributed by atoms with E-state index in [2.05, 4.69) is 16.4 Å². The molecule has 0 radical (unpaired) electrons. The summed E-state index contributed by atoms with van der Waals surface area (Å²) < 4.78 is 0. The van der Waals surface area contributed by atoms with Crippen LogP contribution in [0.4, 0.5) is 0 Å². The predicted octanol–water partition coefficient (Wildman–Crippen LogP) is 2.40. The Balaban J connectivity index is 1.59. The van der Waals surface area contributed by atoms with Crippen LogP contribution in [0.5, 0.6) is 0 Å². The second-order valence-corrected chi connectivity index (χ2v) is 7.78. The van der Waals surface area contributed by atoms with Crippen molar-refractivity contribution in [2.45, 2.75) is 45.4 Å². The molecule has 3 rings (SSSR count). The fourth-order valence-corrected chi connectivity index (χ4v) is 4.01. The molecule has 2 aromatic rings. The monoisotopic (exact) mass is 359 g/mol. The van der Waals surface area contributed by atoms with Crippen molar-refractivity contribution in [3.05, 3.63) is 51.5 Å². The van der Waals surface area contributed by atoms with Gasteiger partial charge >= 0.3 is 0 Å². The third kappa shape index (κ3) is 4.45. The van der Waals surface area contributed by atoms with Gasteiger partial charge in [0, 0.05) is 37.3 Å². The molecule has 1 aliphatic heterocycles. The minimum atomic E-state index is -1.33. The van der Waals surface area contributed by atoms with Gasteiger partial charge in [0.15, 0.2) is 5.60 Å². The van der Waals surface area contributed by atoms with Gasteiger partial charge in [0.25, 0.3) is 5.91 Å². The molecule has 0 spiro atoms. The molecule has 1 saturated heterocycles. The second-order valence-electron chi connectivity index (χ2n) is 6.84. The van der Waals surface area contributed by atoms with Crippen LogP contribution in [0.3, 0.4) is 0 Å². The lowest BCUT2D eigenvalue weighted by Crippen LogP contribution is -2.57. The first-order chi connectivity index (χ1) is 12.0. The summed E-state index contributed by atoms with van der Waals surface area (Å²) in [7, 11) is 0. The number of carbonyl (C=O) groups is 1. The number of nitrogens with one attached hydrogen (secondary N) is 1. The van der Waals surface area contributed by atoms with Crippen LogP contribution in [0.25, 0.3) is 0 Å². The van der Waals surface area contributed by atoms with E-state index in [1.807, 2.05) is 37.4 Å². The highest BCUT2D eigenvalue weighted by Gasteiger charge is 2.41. The molecule has 1 aliphatic rings. The number of amides is 1. The molecule has 25 heavy (non-hydrogen) atoms. The lowest BCUT2D eigenvalue weighted by molar-refractivity contribution is -0.157. The van der Waals surface area contributed by atoms with Crippen molar-refractivity contribution in [1.29, 1.82) is 0 Å². The molecule has 0 saturated carbocycles. The molecule has 2 heterocycles. The van der Waals surface area contributed by atoms with E-state index in [1.54, 1.807) is 16.2 Å². The summed E-state index contributed by atoms with van der Waals surface area (Å²) >= 11 is 1.59. The molecule has 1 atom stereocenters. The van der Waals surface area contributed by atoms with E-state index in [0.717, 1.165) is 22.7 Å². The quantitative estimate of drug-likeness (QED) is 0.831. The number of hydrogen-bond acceptors (Lipinski definition) is 5. The zero-order chi connectivity index (χ0) is 17.9. The van der Waals surface area contributed by atoms with E-state index in [-0.39, 0.29) is 12.5 Å². The highest BCUT2D eigenvalue weighted by Crippen LogP contribution is 2.24. The first kappa shape index (κ1) is 18.0. The Hall–Kier alpha value is -1.76. The highest BCUT2D eigenvalue weighted by molar-refractivity contribution is 7.09. The van der Waals surface area contributed by atoms with Gasteiger partial charge in [0.05, 0.1) is 0 Å². The summed E-state index contributed by atoms with van der Waals surface area (Å²) in [6, 6.07) is 8.16. The van der Waals surface area contributed by atoms with Crippen LogP contribution in [0.15, 0.2) is 29.6 Å². The minimum Gasteiger partial charge on any atom is -0.379 e. The number of nitrogens with zero attached hydrogens (tertiary/aromatic N) is 2. The standard InChI is InChI=1S/C19H25N3O2S/c1-14-5-3-6-16(9-14)11-22-8-4-7-19(24,18(22)23)13-20-10-17-21-15(2)12-25-17/h3,5-6,9,12,20,24H,4,7-8,10-11,13H2,1-2H3/t19-/m0/s1. The fraction of sp³-hybridized carbons (Fsp3) is 0.474. The summed E-state index contributed by atoms with van der Waals surface area (Å²) in [5, 5.41) is 17.0. The average molecular weight is 359 g/mol. The van der Waals surface area contributed by atoms with E-state index in [0.29, 0.717) is 26.1 Å². The molecule has 1 aromatic heterocycles. The van der Waals surface area contributed by atoms with Crippen LogP contribution in [0.1, 0.15) is 34.7 Å². The first-order valence-electron chi connectivity index (χ1n) is 8.65. The van der Waals surface area contributed by atoms with Gasteiger partial charge in [-0.15, -0.1) is 11.3 Å². The molecule has 5 nitrogen and oxygen atoms in total. The van der Waals surface area contributed by atoms with Crippen molar-refractivity contribution in [1.82, 2.24) is 15.2 Å². The Morgan fingerprint density at radius 3 is 2.96 bits per heavy atom. The van der Waals surface area contributed by atoms with Crippen molar-refractivity contribution in [2.75, 3.05) is 13.1 Å². The lowest BCUT2D eigenvalue weighted by atomic mass is 9.91. The van der Waals surface area contributed by atoms with Crippen LogP contribution in [0, 0.1) is 13.8 Å². The maximum Gasteiger partial charge on any atom is 0.256 e. The number of hydrogen-bond donors (Lipinski definition) is 2. The van der Waals surface area contributed by atoms with Gasteiger partial charge in [0.2, 0.25) is 0 Å². The van der Waals surface area contributed by atoms with E-state index in [1.165, 1.54) is 5.56 Å². The molecule has 0 bridgehead atoms. The van der Waals surface area contributed by atoms with E-state index in [4.69, 9.17) is 0 Å². The number of aryl methyl sites for hydroxylation is 2. The molecule has 1 amide bonds. The van der Waals surface area contributed by atoms with Gasteiger partial charge in [-0.25, -0.2) is 4.98 Å². The molecule has 0 aliphatic carbocycles. The van der Waals surface area contributed by atoms with Crippen molar-refractivity contribution in [2.24, 2.45) is 0 Å².